The van der Waals surface area contributed by atoms with E-state index in [0.29, 0.717) is 0 Å². The Bertz CT molecular complexity index is 398. The zero-order chi connectivity index (χ0) is 12.5. The van der Waals surface area contributed by atoms with Crippen LogP contribution in [0.2, 0.25) is 0 Å². The van der Waals surface area contributed by atoms with Crippen molar-refractivity contribution in [2.75, 3.05) is 18.6 Å². The minimum absolute atomic E-state index is 0.00158. The van der Waals surface area contributed by atoms with Crippen LogP contribution < -0.4 is 4.90 Å². The zero-order valence-corrected chi connectivity index (χ0v) is 11.2. The fraction of sp³-hybridized carbons (Fsp3) is 0.600. The molecule has 2 nitrogen and oxygen atoms in total. The summed E-state index contributed by atoms with van der Waals surface area (Å²) < 4.78 is 0. The number of rotatable bonds is 4. The van der Waals surface area contributed by atoms with Crippen LogP contribution in [-0.4, -0.2) is 24.3 Å². The lowest BCUT2D eigenvalue weighted by Gasteiger charge is -2.37. The molecular formula is C15H23NO. The minimum atomic E-state index is 0.00158. The number of hydrogen-bond acceptors (Lipinski definition) is 2. The molecule has 1 N–H and O–H groups in total. The number of nitrogens with zero attached hydrogens (tertiary/aromatic N) is 1. The molecule has 0 unspecified atom stereocenters. The van der Waals surface area contributed by atoms with Crippen LogP contribution in [0.25, 0.3) is 0 Å². The van der Waals surface area contributed by atoms with Gasteiger partial charge in [0.1, 0.15) is 0 Å². The Labute approximate surface area is 104 Å². The molecule has 1 aliphatic rings. The van der Waals surface area contributed by atoms with Gasteiger partial charge in [-0.25, -0.2) is 0 Å². The molecule has 17 heavy (non-hydrogen) atoms. The van der Waals surface area contributed by atoms with Crippen LogP contribution >= 0.6 is 0 Å². The number of hydrogen-bond donors (Lipinski definition) is 1. The van der Waals surface area contributed by atoms with Gasteiger partial charge in [0.2, 0.25) is 0 Å². The summed E-state index contributed by atoms with van der Waals surface area (Å²) in [6, 6.07) is 6.80. The summed E-state index contributed by atoms with van der Waals surface area (Å²) >= 11 is 0. The lowest BCUT2D eigenvalue weighted by molar-refractivity contribution is 0.250. The Balaban J connectivity index is 2.22. The van der Waals surface area contributed by atoms with Crippen LogP contribution in [0, 0.1) is 0 Å². The van der Waals surface area contributed by atoms with Crippen molar-refractivity contribution in [1.29, 1.82) is 0 Å². The highest BCUT2D eigenvalue weighted by Crippen LogP contribution is 2.30. The maximum absolute atomic E-state index is 9.13. The first-order valence-electron chi connectivity index (χ1n) is 6.51. The van der Waals surface area contributed by atoms with Gasteiger partial charge in [0.05, 0.1) is 0 Å². The third-order valence-corrected chi connectivity index (χ3v) is 4.10. The standard InChI is InChI=1S/C15H23NO/c1-15(2,9-10-17)16(3)14-8-7-12-5-4-6-13(12)11-14/h7-8,11,17H,4-6,9-10H2,1-3H3. The van der Waals surface area contributed by atoms with Crippen LogP contribution in [0.15, 0.2) is 18.2 Å². The van der Waals surface area contributed by atoms with Crippen molar-refractivity contribution in [3.8, 4) is 0 Å². The van der Waals surface area contributed by atoms with Gasteiger partial charge in [-0.1, -0.05) is 6.07 Å². The number of anilines is 1. The Hall–Kier alpha value is -1.02. The molecule has 2 rings (SSSR count). The summed E-state index contributed by atoms with van der Waals surface area (Å²) in [6.07, 6.45) is 4.54. The summed E-state index contributed by atoms with van der Waals surface area (Å²) in [5.41, 5.74) is 4.29. The van der Waals surface area contributed by atoms with E-state index in [-0.39, 0.29) is 12.1 Å². The Kier molecular flexibility index (Phi) is 3.43. The summed E-state index contributed by atoms with van der Waals surface area (Å²) in [5, 5.41) is 9.13. The predicted octanol–water partition coefficient (Wildman–Crippen LogP) is 2.77. The Morgan fingerprint density at radius 1 is 1.24 bits per heavy atom. The third-order valence-electron chi connectivity index (χ3n) is 4.10. The van der Waals surface area contributed by atoms with Crippen molar-refractivity contribution in [3.63, 3.8) is 0 Å². The van der Waals surface area contributed by atoms with Gasteiger partial charge >= 0.3 is 0 Å². The van der Waals surface area contributed by atoms with Crippen LogP contribution in [0.3, 0.4) is 0 Å². The van der Waals surface area contributed by atoms with E-state index in [1.165, 1.54) is 36.1 Å². The largest absolute Gasteiger partial charge is 0.396 e. The van der Waals surface area contributed by atoms with Gasteiger partial charge in [-0.2, -0.15) is 0 Å². The molecule has 0 bridgehead atoms. The monoisotopic (exact) mass is 233 g/mol. The fourth-order valence-corrected chi connectivity index (χ4v) is 2.56. The maximum Gasteiger partial charge on any atom is 0.0453 e. The van der Waals surface area contributed by atoms with E-state index >= 15 is 0 Å². The van der Waals surface area contributed by atoms with E-state index in [1.54, 1.807) is 0 Å². The number of fused-ring (bicyclic) bond motifs is 1. The van der Waals surface area contributed by atoms with Crippen molar-refractivity contribution in [2.45, 2.75) is 45.1 Å². The molecule has 0 saturated heterocycles. The fourth-order valence-electron chi connectivity index (χ4n) is 2.56. The average Bonchev–Trinajstić information content (AvgIpc) is 2.74. The highest BCUT2D eigenvalue weighted by molar-refractivity contribution is 5.53. The molecule has 1 aromatic carbocycles. The first kappa shape index (κ1) is 12.4. The molecule has 0 aliphatic heterocycles. The maximum atomic E-state index is 9.13. The van der Waals surface area contributed by atoms with Gasteiger partial charge in [-0.15, -0.1) is 0 Å². The summed E-state index contributed by atoms with van der Waals surface area (Å²) in [7, 11) is 2.12. The van der Waals surface area contributed by atoms with Crippen molar-refractivity contribution in [1.82, 2.24) is 0 Å². The lowest BCUT2D eigenvalue weighted by Crippen LogP contribution is -2.42. The molecule has 0 atom stereocenters. The highest BCUT2D eigenvalue weighted by Gasteiger charge is 2.24. The first-order valence-corrected chi connectivity index (χ1v) is 6.51. The molecule has 0 amide bonds. The Morgan fingerprint density at radius 3 is 2.65 bits per heavy atom. The molecule has 1 aliphatic carbocycles. The smallest absolute Gasteiger partial charge is 0.0453 e. The molecule has 0 aromatic heterocycles. The van der Waals surface area contributed by atoms with E-state index in [0.717, 1.165) is 6.42 Å². The number of aliphatic hydroxyl groups is 1. The van der Waals surface area contributed by atoms with Gasteiger partial charge in [0.25, 0.3) is 0 Å². The summed E-state index contributed by atoms with van der Waals surface area (Å²) in [6.45, 7) is 4.59. The van der Waals surface area contributed by atoms with Crippen molar-refractivity contribution >= 4 is 5.69 Å². The van der Waals surface area contributed by atoms with E-state index in [9.17, 15) is 0 Å². The van der Waals surface area contributed by atoms with E-state index < -0.39 is 0 Å². The number of benzene rings is 1. The predicted molar refractivity (Wildman–Crippen MR) is 72.7 cm³/mol. The molecule has 0 spiro atoms. The second-order valence-corrected chi connectivity index (χ2v) is 5.65. The topological polar surface area (TPSA) is 23.5 Å². The second-order valence-electron chi connectivity index (χ2n) is 5.65. The molecule has 0 heterocycles. The molecule has 0 radical (unpaired) electrons. The number of aliphatic hydroxyl groups excluding tert-OH is 1. The van der Waals surface area contributed by atoms with E-state index in [4.69, 9.17) is 5.11 Å². The second kappa shape index (κ2) is 4.69. The van der Waals surface area contributed by atoms with Gasteiger partial charge in [-0.05, 0) is 62.8 Å². The zero-order valence-electron chi connectivity index (χ0n) is 11.2. The number of aryl methyl sites for hydroxylation is 2. The van der Waals surface area contributed by atoms with Crippen molar-refractivity contribution in [3.05, 3.63) is 29.3 Å². The molecule has 0 saturated carbocycles. The van der Waals surface area contributed by atoms with Gasteiger partial charge < -0.3 is 10.0 Å². The highest BCUT2D eigenvalue weighted by atomic mass is 16.3. The van der Waals surface area contributed by atoms with Crippen LogP contribution in [0.1, 0.15) is 37.8 Å². The van der Waals surface area contributed by atoms with Crippen molar-refractivity contribution < 1.29 is 5.11 Å². The van der Waals surface area contributed by atoms with Crippen LogP contribution in [-0.2, 0) is 12.8 Å². The summed E-state index contributed by atoms with van der Waals surface area (Å²) in [5.74, 6) is 0. The molecule has 94 valence electrons. The minimum Gasteiger partial charge on any atom is -0.396 e. The quantitative estimate of drug-likeness (QED) is 0.864. The van der Waals surface area contributed by atoms with Gasteiger partial charge in [0, 0.05) is 24.9 Å². The first-order chi connectivity index (χ1) is 8.04. The normalized spacial score (nSPS) is 14.8. The average molecular weight is 233 g/mol. The molecule has 2 heteroatoms. The van der Waals surface area contributed by atoms with Crippen LogP contribution in [0.4, 0.5) is 5.69 Å². The third kappa shape index (κ3) is 2.47. The van der Waals surface area contributed by atoms with Gasteiger partial charge in [0.15, 0.2) is 0 Å². The SMILES string of the molecule is CN(c1ccc2c(c1)CCC2)C(C)(C)CCO. The van der Waals surface area contributed by atoms with E-state index in [2.05, 4.69) is 44.0 Å². The molecular weight excluding hydrogens is 210 g/mol. The summed E-state index contributed by atoms with van der Waals surface area (Å²) in [4.78, 5) is 2.28. The van der Waals surface area contributed by atoms with E-state index in [1.807, 2.05) is 0 Å². The Morgan fingerprint density at radius 2 is 1.94 bits per heavy atom. The van der Waals surface area contributed by atoms with Crippen LogP contribution in [0.5, 0.6) is 0 Å². The van der Waals surface area contributed by atoms with Gasteiger partial charge in [-0.3, -0.25) is 0 Å². The lowest BCUT2D eigenvalue weighted by atomic mass is 9.97. The molecule has 1 aromatic rings. The molecule has 0 fully saturated rings. The van der Waals surface area contributed by atoms with Crippen molar-refractivity contribution in [2.24, 2.45) is 0 Å².